The number of carboxylic acid groups (broad SMARTS) is 1. The maximum atomic E-state index is 12.9. The second kappa shape index (κ2) is 5.95. The number of carboxylic acids is 1. The third-order valence-electron chi connectivity index (χ3n) is 2.42. The molecule has 1 unspecified atom stereocenters. The van der Waals surface area contributed by atoms with Crippen LogP contribution in [0.15, 0.2) is 18.5 Å². The fourth-order valence-electron chi connectivity index (χ4n) is 1.45. The van der Waals surface area contributed by atoms with Crippen molar-refractivity contribution in [1.82, 2.24) is 9.88 Å². The predicted molar refractivity (Wildman–Crippen MR) is 62.7 cm³/mol. The third-order valence-corrected chi connectivity index (χ3v) is 2.42. The van der Waals surface area contributed by atoms with Gasteiger partial charge in [-0.3, -0.25) is 4.98 Å². The monoisotopic (exact) mass is 255 g/mol. The summed E-state index contributed by atoms with van der Waals surface area (Å²) in [5.41, 5.74) is 0.173. The molecule has 1 aromatic rings. The number of aliphatic carboxylic acids is 1. The molecule has 0 aliphatic heterocycles. The van der Waals surface area contributed by atoms with Gasteiger partial charge in [-0.15, -0.1) is 0 Å². The van der Waals surface area contributed by atoms with Crippen molar-refractivity contribution in [3.8, 4) is 0 Å². The number of pyridine rings is 1. The molecule has 6 nitrogen and oxygen atoms in total. The van der Waals surface area contributed by atoms with Crippen LogP contribution in [0.3, 0.4) is 0 Å². The molecule has 1 heterocycles. The van der Waals surface area contributed by atoms with Crippen molar-refractivity contribution in [2.24, 2.45) is 0 Å². The van der Waals surface area contributed by atoms with Crippen LogP contribution < -0.4 is 5.32 Å². The molecule has 0 radical (unpaired) electrons. The molecule has 1 aromatic heterocycles. The summed E-state index contributed by atoms with van der Waals surface area (Å²) in [5, 5.41) is 11.3. The van der Waals surface area contributed by atoms with Gasteiger partial charge in [-0.25, -0.2) is 14.0 Å². The molecule has 1 rings (SSSR count). The number of nitrogens with one attached hydrogen (secondary N) is 1. The van der Waals surface area contributed by atoms with E-state index in [0.29, 0.717) is 0 Å². The van der Waals surface area contributed by atoms with Crippen molar-refractivity contribution in [2.75, 3.05) is 12.4 Å². The first-order valence-corrected chi connectivity index (χ1v) is 5.32. The van der Waals surface area contributed by atoms with E-state index in [-0.39, 0.29) is 12.1 Å². The van der Waals surface area contributed by atoms with Crippen LogP contribution in [0.1, 0.15) is 13.3 Å². The fourth-order valence-corrected chi connectivity index (χ4v) is 1.45. The van der Waals surface area contributed by atoms with Crippen LogP contribution in [0, 0.1) is 5.82 Å². The van der Waals surface area contributed by atoms with Crippen LogP contribution in [0.25, 0.3) is 0 Å². The number of hydrogen-bond donors (Lipinski definition) is 2. The number of nitrogens with zero attached hydrogens (tertiary/aromatic N) is 2. The average Bonchev–Trinajstić information content (AvgIpc) is 2.29. The van der Waals surface area contributed by atoms with E-state index in [1.54, 1.807) is 6.92 Å². The van der Waals surface area contributed by atoms with Gasteiger partial charge in [0.25, 0.3) is 0 Å². The van der Waals surface area contributed by atoms with Crippen LogP contribution in [0.5, 0.6) is 0 Å². The Morgan fingerprint density at radius 1 is 1.56 bits per heavy atom. The van der Waals surface area contributed by atoms with Gasteiger partial charge in [-0.2, -0.15) is 0 Å². The molecule has 0 aliphatic rings. The summed E-state index contributed by atoms with van der Waals surface area (Å²) in [6.45, 7) is 1.66. The number of carbonyl (C=O) groups excluding carboxylic acids is 1. The first-order valence-electron chi connectivity index (χ1n) is 5.32. The minimum absolute atomic E-state index is 0.173. The Kier molecular flexibility index (Phi) is 4.59. The van der Waals surface area contributed by atoms with Crippen LogP contribution in [0.2, 0.25) is 0 Å². The summed E-state index contributed by atoms with van der Waals surface area (Å²) in [4.78, 5) is 27.2. The molecule has 0 bridgehead atoms. The summed E-state index contributed by atoms with van der Waals surface area (Å²) in [7, 11) is 1.37. The maximum Gasteiger partial charge on any atom is 0.326 e. The zero-order valence-electron chi connectivity index (χ0n) is 10.1. The van der Waals surface area contributed by atoms with Gasteiger partial charge in [0, 0.05) is 13.1 Å². The molecule has 0 aliphatic carbocycles. The van der Waals surface area contributed by atoms with Crippen LogP contribution in [0.4, 0.5) is 14.9 Å². The van der Waals surface area contributed by atoms with Crippen molar-refractivity contribution in [3.63, 3.8) is 0 Å². The first kappa shape index (κ1) is 13.9. The van der Waals surface area contributed by atoms with E-state index in [4.69, 9.17) is 5.11 Å². The number of amides is 2. The molecule has 7 heteroatoms. The molecule has 1 atom stereocenters. The molecule has 0 fully saturated rings. The lowest BCUT2D eigenvalue weighted by Gasteiger charge is -2.23. The van der Waals surface area contributed by atoms with E-state index >= 15 is 0 Å². The number of carbonyl (C=O) groups is 2. The second-order valence-corrected chi connectivity index (χ2v) is 3.70. The Morgan fingerprint density at radius 2 is 2.22 bits per heavy atom. The third kappa shape index (κ3) is 3.41. The number of urea groups is 1. The smallest absolute Gasteiger partial charge is 0.326 e. The summed E-state index contributed by atoms with van der Waals surface area (Å²) >= 11 is 0. The van der Waals surface area contributed by atoms with E-state index in [0.717, 1.165) is 17.2 Å². The number of halogens is 1. The Bertz CT molecular complexity index is 453. The molecule has 0 saturated carbocycles. The normalized spacial score (nSPS) is 11.7. The molecule has 0 saturated heterocycles. The minimum atomic E-state index is -1.09. The van der Waals surface area contributed by atoms with Gasteiger partial charge in [-0.05, 0) is 6.42 Å². The lowest BCUT2D eigenvalue weighted by Crippen LogP contribution is -2.44. The van der Waals surface area contributed by atoms with Gasteiger partial charge in [0.1, 0.15) is 11.9 Å². The van der Waals surface area contributed by atoms with Crippen molar-refractivity contribution in [2.45, 2.75) is 19.4 Å². The van der Waals surface area contributed by atoms with Crippen molar-refractivity contribution < 1.29 is 19.1 Å². The largest absolute Gasteiger partial charge is 0.480 e. The number of likely N-dealkylation sites (N-methyl/N-ethyl adjacent to an activating group) is 1. The molecule has 18 heavy (non-hydrogen) atoms. The Morgan fingerprint density at radius 3 is 2.72 bits per heavy atom. The zero-order valence-corrected chi connectivity index (χ0v) is 10.1. The van der Waals surface area contributed by atoms with E-state index in [1.807, 2.05) is 0 Å². The lowest BCUT2D eigenvalue weighted by molar-refractivity contribution is -0.141. The Labute approximate surface area is 103 Å². The Hall–Kier alpha value is -2.18. The predicted octanol–water partition coefficient (Wildman–Crippen LogP) is 1.55. The lowest BCUT2D eigenvalue weighted by atomic mass is 10.2. The molecule has 2 amide bonds. The topological polar surface area (TPSA) is 82.5 Å². The minimum Gasteiger partial charge on any atom is -0.480 e. The standard InChI is InChI=1S/C11H14FN3O3/c1-3-9(10(16)17)15(2)11(18)14-8-4-7(12)5-13-6-8/h4-6,9H,3H2,1-2H3,(H,14,18)(H,16,17). The summed E-state index contributed by atoms with van der Waals surface area (Å²) in [6.07, 6.45) is 2.56. The summed E-state index contributed by atoms with van der Waals surface area (Å²) in [5.74, 6) is -1.67. The van der Waals surface area contributed by atoms with Crippen molar-refractivity contribution >= 4 is 17.7 Å². The average molecular weight is 255 g/mol. The number of rotatable bonds is 4. The van der Waals surface area contributed by atoms with E-state index in [2.05, 4.69) is 10.3 Å². The zero-order chi connectivity index (χ0) is 13.7. The van der Waals surface area contributed by atoms with Gasteiger partial charge < -0.3 is 15.3 Å². The quantitative estimate of drug-likeness (QED) is 0.855. The molecule has 0 spiro atoms. The molecule has 2 N–H and O–H groups in total. The number of aromatic nitrogens is 1. The van der Waals surface area contributed by atoms with E-state index in [9.17, 15) is 14.0 Å². The molecule has 98 valence electrons. The van der Waals surface area contributed by atoms with Crippen molar-refractivity contribution in [3.05, 3.63) is 24.3 Å². The highest BCUT2D eigenvalue weighted by Crippen LogP contribution is 2.09. The van der Waals surface area contributed by atoms with Crippen LogP contribution in [-0.4, -0.2) is 40.1 Å². The van der Waals surface area contributed by atoms with Gasteiger partial charge in [-0.1, -0.05) is 6.92 Å². The fraction of sp³-hybridized carbons (Fsp3) is 0.364. The molecular formula is C11H14FN3O3. The molecule has 0 aromatic carbocycles. The summed E-state index contributed by atoms with van der Waals surface area (Å²) < 4.78 is 12.9. The maximum absolute atomic E-state index is 12.9. The highest BCUT2D eigenvalue weighted by Gasteiger charge is 2.24. The first-order chi connectivity index (χ1) is 8.45. The van der Waals surface area contributed by atoms with Gasteiger partial charge in [0.05, 0.1) is 18.1 Å². The van der Waals surface area contributed by atoms with Crippen LogP contribution >= 0.6 is 0 Å². The highest BCUT2D eigenvalue weighted by atomic mass is 19.1. The SMILES string of the molecule is CCC(C(=O)O)N(C)C(=O)Nc1cncc(F)c1. The Balaban J connectivity index is 2.73. The second-order valence-electron chi connectivity index (χ2n) is 3.70. The van der Waals surface area contributed by atoms with Crippen molar-refractivity contribution in [1.29, 1.82) is 0 Å². The van der Waals surface area contributed by atoms with E-state index in [1.165, 1.54) is 13.2 Å². The van der Waals surface area contributed by atoms with E-state index < -0.39 is 23.9 Å². The molecular weight excluding hydrogens is 241 g/mol. The van der Waals surface area contributed by atoms with Gasteiger partial charge >= 0.3 is 12.0 Å². The number of anilines is 1. The number of hydrogen-bond acceptors (Lipinski definition) is 3. The van der Waals surface area contributed by atoms with Gasteiger partial charge in [0.2, 0.25) is 0 Å². The van der Waals surface area contributed by atoms with Gasteiger partial charge in [0.15, 0.2) is 0 Å². The highest BCUT2D eigenvalue weighted by molar-refractivity contribution is 5.91. The summed E-state index contributed by atoms with van der Waals surface area (Å²) in [6, 6.07) is -0.455. The van der Waals surface area contributed by atoms with Crippen LogP contribution in [-0.2, 0) is 4.79 Å².